The van der Waals surface area contributed by atoms with Gasteiger partial charge in [-0.05, 0) is 23.7 Å². The predicted molar refractivity (Wildman–Crippen MR) is 65.5 cm³/mol. The van der Waals surface area contributed by atoms with Gasteiger partial charge in [0.05, 0.1) is 11.1 Å². The van der Waals surface area contributed by atoms with Crippen LogP contribution in [0.1, 0.15) is 6.92 Å². The molecule has 0 fully saturated rings. The normalized spacial score (nSPS) is 12.4. The Kier molecular flexibility index (Phi) is 3.22. The summed E-state index contributed by atoms with van der Waals surface area (Å²) >= 11 is 5.74. The molecule has 0 aliphatic rings. The van der Waals surface area contributed by atoms with Gasteiger partial charge in [0, 0.05) is 28.6 Å². The van der Waals surface area contributed by atoms with Gasteiger partial charge in [-0.2, -0.15) is 0 Å². The molecule has 2 aromatic rings. The summed E-state index contributed by atoms with van der Waals surface area (Å²) in [5.41, 5.74) is 9.17. The van der Waals surface area contributed by atoms with Gasteiger partial charge < -0.3 is 4.57 Å². The summed E-state index contributed by atoms with van der Waals surface area (Å²) in [7, 11) is 0. The van der Waals surface area contributed by atoms with Gasteiger partial charge in [0.1, 0.15) is 5.82 Å². The van der Waals surface area contributed by atoms with Crippen LogP contribution in [-0.4, -0.2) is 10.6 Å². The zero-order valence-corrected chi connectivity index (χ0v) is 9.89. The lowest BCUT2D eigenvalue weighted by atomic mass is 10.2. The monoisotopic (exact) mass is 252 g/mol. The Balaban J connectivity index is 2.42. The van der Waals surface area contributed by atoms with Gasteiger partial charge >= 0.3 is 0 Å². The first-order chi connectivity index (χ1) is 8.11. The largest absolute Gasteiger partial charge is 0.347 e. The molecule has 6 heteroatoms. The van der Waals surface area contributed by atoms with Crippen LogP contribution < -0.4 is 0 Å². The fourth-order valence-corrected chi connectivity index (χ4v) is 1.91. The van der Waals surface area contributed by atoms with Crippen molar-refractivity contribution in [1.29, 1.82) is 0 Å². The molecule has 1 aromatic carbocycles. The molecule has 1 atom stereocenters. The van der Waals surface area contributed by atoms with Crippen molar-refractivity contribution in [3.05, 3.63) is 45.7 Å². The van der Waals surface area contributed by atoms with Crippen molar-refractivity contribution in [2.24, 2.45) is 5.11 Å². The fraction of sp³-hybridized carbons (Fsp3) is 0.273. The Bertz CT molecular complexity index is 601. The van der Waals surface area contributed by atoms with Gasteiger partial charge in [0.25, 0.3) is 0 Å². The second-order valence-electron chi connectivity index (χ2n) is 3.85. The summed E-state index contributed by atoms with van der Waals surface area (Å²) in [6.07, 6.45) is 1.82. The minimum atomic E-state index is -0.431. The van der Waals surface area contributed by atoms with E-state index in [0.29, 0.717) is 6.54 Å². The maximum atomic E-state index is 13.2. The van der Waals surface area contributed by atoms with Gasteiger partial charge in [0.2, 0.25) is 0 Å². The predicted octanol–water partition coefficient (Wildman–Crippen LogP) is 4.13. The van der Waals surface area contributed by atoms with Crippen LogP contribution in [0.25, 0.3) is 21.3 Å². The first-order valence-electron chi connectivity index (χ1n) is 5.10. The van der Waals surface area contributed by atoms with Crippen LogP contribution in [-0.2, 0) is 6.54 Å². The zero-order chi connectivity index (χ0) is 12.4. The Hall–Kier alpha value is -1.71. The Morgan fingerprint density at radius 2 is 2.35 bits per heavy atom. The highest BCUT2D eigenvalue weighted by atomic mass is 35.5. The molecule has 0 N–H and O–H groups in total. The third-order valence-corrected chi connectivity index (χ3v) is 2.81. The topological polar surface area (TPSA) is 53.7 Å². The number of aromatic nitrogens is 1. The van der Waals surface area contributed by atoms with E-state index in [0.717, 1.165) is 10.9 Å². The molecule has 0 aliphatic heterocycles. The van der Waals surface area contributed by atoms with E-state index in [-0.39, 0.29) is 11.1 Å². The summed E-state index contributed by atoms with van der Waals surface area (Å²) in [6.45, 7) is 2.35. The molecule has 1 aromatic heterocycles. The molecule has 0 radical (unpaired) electrons. The molecule has 1 heterocycles. The molecule has 0 spiro atoms. The second kappa shape index (κ2) is 4.65. The molecule has 88 valence electrons. The average molecular weight is 253 g/mol. The van der Waals surface area contributed by atoms with Crippen molar-refractivity contribution in [2.45, 2.75) is 19.5 Å². The molecule has 2 rings (SSSR count). The molecule has 17 heavy (non-hydrogen) atoms. The third-order valence-electron chi connectivity index (χ3n) is 2.52. The van der Waals surface area contributed by atoms with Gasteiger partial charge in [-0.1, -0.05) is 23.6 Å². The SMILES string of the molecule is CC(Cn1ccc2cc(F)c(Cl)cc21)N=[N+]=[N-]. The van der Waals surface area contributed by atoms with Crippen molar-refractivity contribution in [2.75, 3.05) is 0 Å². The molecule has 0 saturated carbocycles. The molecular formula is C11H10ClFN4. The van der Waals surface area contributed by atoms with Crippen molar-refractivity contribution >= 4 is 22.5 Å². The molecular weight excluding hydrogens is 243 g/mol. The highest BCUT2D eigenvalue weighted by Crippen LogP contribution is 2.24. The first kappa shape index (κ1) is 11.8. The van der Waals surface area contributed by atoms with E-state index < -0.39 is 5.82 Å². The molecule has 0 saturated heterocycles. The van der Waals surface area contributed by atoms with E-state index in [1.165, 1.54) is 6.07 Å². The Morgan fingerprint density at radius 3 is 3.06 bits per heavy atom. The van der Waals surface area contributed by atoms with Gasteiger partial charge in [-0.3, -0.25) is 0 Å². The highest BCUT2D eigenvalue weighted by Gasteiger charge is 2.08. The number of hydrogen-bond acceptors (Lipinski definition) is 1. The van der Waals surface area contributed by atoms with Crippen LogP contribution in [0.5, 0.6) is 0 Å². The molecule has 0 bridgehead atoms. The van der Waals surface area contributed by atoms with Crippen LogP contribution in [0.15, 0.2) is 29.5 Å². The molecule has 1 unspecified atom stereocenters. The highest BCUT2D eigenvalue weighted by molar-refractivity contribution is 6.31. The van der Waals surface area contributed by atoms with Crippen molar-refractivity contribution in [3.8, 4) is 0 Å². The smallest absolute Gasteiger partial charge is 0.142 e. The lowest BCUT2D eigenvalue weighted by Gasteiger charge is -2.08. The van der Waals surface area contributed by atoms with Crippen molar-refractivity contribution in [1.82, 2.24) is 4.57 Å². The summed E-state index contributed by atoms with van der Waals surface area (Å²) < 4.78 is 15.1. The fourth-order valence-electron chi connectivity index (χ4n) is 1.75. The first-order valence-corrected chi connectivity index (χ1v) is 5.47. The average Bonchev–Trinajstić information content (AvgIpc) is 2.63. The van der Waals surface area contributed by atoms with Gasteiger partial charge in [-0.25, -0.2) is 4.39 Å². The van der Waals surface area contributed by atoms with Crippen LogP contribution in [0, 0.1) is 5.82 Å². The van der Waals surface area contributed by atoms with Crippen molar-refractivity contribution in [3.63, 3.8) is 0 Å². The summed E-state index contributed by atoms with van der Waals surface area (Å²) in [5.74, 6) is -0.431. The number of hydrogen-bond donors (Lipinski definition) is 0. The number of nitrogens with zero attached hydrogens (tertiary/aromatic N) is 4. The van der Waals surface area contributed by atoms with E-state index >= 15 is 0 Å². The minimum absolute atomic E-state index is 0.0916. The number of rotatable bonds is 3. The summed E-state index contributed by atoms with van der Waals surface area (Å²) in [4.78, 5) is 2.75. The van der Waals surface area contributed by atoms with E-state index in [2.05, 4.69) is 10.0 Å². The second-order valence-corrected chi connectivity index (χ2v) is 4.25. The van der Waals surface area contributed by atoms with Gasteiger partial charge in [-0.15, -0.1) is 0 Å². The summed E-state index contributed by atoms with van der Waals surface area (Å²) in [6, 6.07) is 4.61. The number of benzene rings is 1. The quantitative estimate of drug-likeness (QED) is 0.448. The van der Waals surface area contributed by atoms with Crippen LogP contribution >= 0.6 is 11.6 Å². The Labute approximate surface area is 102 Å². The van der Waals surface area contributed by atoms with E-state index in [9.17, 15) is 4.39 Å². The summed E-state index contributed by atoms with van der Waals surface area (Å²) in [5, 5.41) is 4.47. The lowest BCUT2D eigenvalue weighted by molar-refractivity contribution is 0.601. The van der Waals surface area contributed by atoms with Crippen molar-refractivity contribution < 1.29 is 4.39 Å². The third kappa shape index (κ3) is 2.35. The number of azide groups is 1. The van der Waals surface area contributed by atoms with Gasteiger partial charge in [0.15, 0.2) is 0 Å². The molecule has 0 aliphatic carbocycles. The molecule has 4 nitrogen and oxygen atoms in total. The maximum absolute atomic E-state index is 13.2. The minimum Gasteiger partial charge on any atom is -0.347 e. The van der Waals surface area contributed by atoms with Crippen LogP contribution in [0.3, 0.4) is 0 Å². The number of halogens is 2. The standard InChI is InChI=1S/C11H10ClFN4/c1-7(15-16-14)6-17-3-2-8-4-10(13)9(12)5-11(8)17/h2-5,7H,6H2,1H3. The van der Waals surface area contributed by atoms with E-state index in [1.807, 2.05) is 17.7 Å². The lowest BCUT2D eigenvalue weighted by Crippen LogP contribution is -2.08. The van der Waals surface area contributed by atoms with E-state index in [4.69, 9.17) is 17.1 Å². The van der Waals surface area contributed by atoms with Crippen LogP contribution in [0.4, 0.5) is 4.39 Å². The van der Waals surface area contributed by atoms with Crippen LogP contribution in [0.2, 0.25) is 5.02 Å². The molecule has 0 amide bonds. The number of fused-ring (bicyclic) bond motifs is 1. The Morgan fingerprint density at radius 1 is 1.59 bits per heavy atom. The zero-order valence-electron chi connectivity index (χ0n) is 9.14. The van der Waals surface area contributed by atoms with E-state index in [1.54, 1.807) is 12.1 Å². The maximum Gasteiger partial charge on any atom is 0.142 e.